The molecule has 0 radical (unpaired) electrons. The van der Waals surface area contributed by atoms with Gasteiger partial charge in [-0.05, 0) is 129 Å². The van der Waals surface area contributed by atoms with Gasteiger partial charge < -0.3 is 4.90 Å². The van der Waals surface area contributed by atoms with Crippen molar-refractivity contribution in [2.75, 3.05) is 4.90 Å². The number of nitrogens with zero attached hydrogens (tertiary/aromatic N) is 3. The molecule has 0 aliphatic heterocycles. The maximum Gasteiger partial charge on any atom is 0.0991 e. The average molecular weight is 654 g/mol. The molecule has 1 heterocycles. The monoisotopic (exact) mass is 653 g/mol. The number of nitriles is 2. The molecule has 8 aromatic carbocycles. The summed E-state index contributed by atoms with van der Waals surface area (Å²) >= 11 is 1.82. The number of thiophene rings is 1. The predicted molar refractivity (Wildman–Crippen MR) is 209 cm³/mol. The van der Waals surface area contributed by atoms with E-state index in [9.17, 15) is 10.5 Å². The van der Waals surface area contributed by atoms with Crippen LogP contribution in [0.5, 0.6) is 0 Å². The van der Waals surface area contributed by atoms with E-state index in [1.165, 1.54) is 20.2 Å². The summed E-state index contributed by atoms with van der Waals surface area (Å²) in [5.41, 5.74) is 8.98. The molecule has 0 unspecified atom stereocenters. The van der Waals surface area contributed by atoms with Crippen LogP contribution in [0.15, 0.2) is 164 Å². The number of hydrogen-bond donors (Lipinski definition) is 0. The van der Waals surface area contributed by atoms with E-state index in [1.807, 2.05) is 47.7 Å². The Labute approximate surface area is 293 Å². The van der Waals surface area contributed by atoms with Crippen LogP contribution >= 0.6 is 11.3 Å². The van der Waals surface area contributed by atoms with E-state index in [0.717, 1.165) is 60.9 Å². The standard InChI is InChI=1S/C46H27N3S/c47-28-30-5-7-34-9-11-36(25-38(34)23-30)32-13-17-40(18-14-32)49(42-21-22-46-44(27-42)43-3-1-2-4-45(43)50-46)41-19-15-33(16-20-41)37-12-10-35-8-6-31(29-48)24-39(35)26-37/h1-27H. The zero-order valence-corrected chi connectivity index (χ0v) is 27.7. The van der Waals surface area contributed by atoms with Gasteiger partial charge >= 0.3 is 0 Å². The summed E-state index contributed by atoms with van der Waals surface area (Å²) in [4.78, 5) is 2.32. The Bertz CT molecular complexity index is 2690. The van der Waals surface area contributed by atoms with E-state index in [1.54, 1.807) is 0 Å². The van der Waals surface area contributed by atoms with Crippen molar-refractivity contribution in [2.45, 2.75) is 0 Å². The van der Waals surface area contributed by atoms with Gasteiger partial charge in [0.2, 0.25) is 0 Å². The summed E-state index contributed by atoms with van der Waals surface area (Å²) in [6.07, 6.45) is 0. The normalized spacial score (nSPS) is 11.2. The first-order valence-corrected chi connectivity index (χ1v) is 17.3. The van der Waals surface area contributed by atoms with Crippen molar-refractivity contribution in [3.05, 3.63) is 175 Å². The summed E-state index contributed by atoms with van der Waals surface area (Å²) in [6, 6.07) is 61.8. The van der Waals surface area contributed by atoms with E-state index in [2.05, 4.69) is 144 Å². The smallest absolute Gasteiger partial charge is 0.0991 e. The summed E-state index contributed by atoms with van der Waals surface area (Å²) in [7, 11) is 0. The molecule has 9 rings (SSSR count). The fraction of sp³-hybridized carbons (Fsp3) is 0. The second kappa shape index (κ2) is 12.1. The Morgan fingerprint density at radius 2 is 0.860 bits per heavy atom. The van der Waals surface area contributed by atoms with Gasteiger partial charge in [-0.1, -0.05) is 78.9 Å². The van der Waals surface area contributed by atoms with Gasteiger partial charge in [-0.3, -0.25) is 0 Å². The number of anilines is 3. The zero-order chi connectivity index (χ0) is 33.6. The third-order valence-electron chi connectivity index (χ3n) is 9.47. The van der Waals surface area contributed by atoms with Crippen LogP contribution in [0.25, 0.3) is 64.0 Å². The number of rotatable bonds is 5. The minimum Gasteiger partial charge on any atom is -0.310 e. The molecule has 0 saturated heterocycles. The number of hydrogen-bond acceptors (Lipinski definition) is 4. The zero-order valence-electron chi connectivity index (χ0n) is 26.8. The van der Waals surface area contributed by atoms with Gasteiger partial charge in [-0.2, -0.15) is 10.5 Å². The lowest BCUT2D eigenvalue weighted by atomic mass is 9.99. The quantitative estimate of drug-likeness (QED) is 0.186. The molecule has 4 heteroatoms. The second-order valence-electron chi connectivity index (χ2n) is 12.5. The molecule has 9 aromatic rings. The molecule has 1 aromatic heterocycles. The first-order valence-electron chi connectivity index (χ1n) is 16.4. The maximum absolute atomic E-state index is 9.42. The molecule has 0 amide bonds. The van der Waals surface area contributed by atoms with E-state index < -0.39 is 0 Å². The number of benzene rings is 8. The Balaban J connectivity index is 1.13. The topological polar surface area (TPSA) is 50.8 Å². The average Bonchev–Trinajstić information content (AvgIpc) is 3.56. The van der Waals surface area contributed by atoms with Crippen molar-refractivity contribution in [3.63, 3.8) is 0 Å². The van der Waals surface area contributed by atoms with Gasteiger partial charge in [-0.25, -0.2) is 0 Å². The van der Waals surface area contributed by atoms with Crippen LogP contribution in [0.1, 0.15) is 11.1 Å². The van der Waals surface area contributed by atoms with Crippen molar-refractivity contribution >= 4 is 70.1 Å². The molecule has 3 nitrogen and oxygen atoms in total. The first kappa shape index (κ1) is 29.4. The highest BCUT2D eigenvalue weighted by Gasteiger charge is 2.16. The van der Waals surface area contributed by atoms with E-state index in [4.69, 9.17) is 0 Å². The Morgan fingerprint density at radius 1 is 0.380 bits per heavy atom. The molecule has 232 valence electrons. The molecule has 0 aliphatic rings. The molecule has 0 fully saturated rings. The fourth-order valence-electron chi connectivity index (χ4n) is 6.90. The van der Waals surface area contributed by atoms with Crippen molar-refractivity contribution < 1.29 is 0 Å². The molecule has 0 spiro atoms. The lowest BCUT2D eigenvalue weighted by Crippen LogP contribution is -2.09. The number of fused-ring (bicyclic) bond motifs is 5. The predicted octanol–water partition coefficient (Wildman–Crippen LogP) is 12.9. The third kappa shape index (κ3) is 5.22. The van der Waals surface area contributed by atoms with Crippen molar-refractivity contribution in [3.8, 4) is 34.4 Å². The lowest BCUT2D eigenvalue weighted by Gasteiger charge is -2.26. The molecule has 0 atom stereocenters. The molecule has 50 heavy (non-hydrogen) atoms. The van der Waals surface area contributed by atoms with Crippen LogP contribution < -0.4 is 4.90 Å². The van der Waals surface area contributed by atoms with Crippen LogP contribution in [0.3, 0.4) is 0 Å². The summed E-state index contributed by atoms with van der Waals surface area (Å²) in [6.45, 7) is 0. The van der Waals surface area contributed by atoms with Gasteiger partial charge in [0, 0.05) is 37.2 Å². The largest absolute Gasteiger partial charge is 0.310 e. The van der Waals surface area contributed by atoms with Crippen LogP contribution in [-0.4, -0.2) is 0 Å². The van der Waals surface area contributed by atoms with Gasteiger partial charge in [-0.15, -0.1) is 11.3 Å². The van der Waals surface area contributed by atoms with E-state index in [-0.39, 0.29) is 0 Å². The van der Waals surface area contributed by atoms with E-state index >= 15 is 0 Å². The van der Waals surface area contributed by atoms with Crippen molar-refractivity contribution in [1.82, 2.24) is 0 Å². The molecular weight excluding hydrogens is 627 g/mol. The fourth-order valence-corrected chi connectivity index (χ4v) is 7.98. The SMILES string of the molecule is N#Cc1ccc2ccc(-c3ccc(N(c4ccc(-c5ccc6ccc(C#N)cc6c5)cc4)c4ccc5sc6ccccc6c5c4)cc3)cc2c1. The molecule has 0 aliphatic carbocycles. The highest BCUT2D eigenvalue weighted by Crippen LogP contribution is 2.41. The Morgan fingerprint density at radius 3 is 1.42 bits per heavy atom. The third-order valence-corrected chi connectivity index (χ3v) is 10.6. The van der Waals surface area contributed by atoms with Gasteiger partial charge in [0.05, 0.1) is 23.3 Å². The first-order chi connectivity index (χ1) is 24.6. The van der Waals surface area contributed by atoms with Crippen LogP contribution in [0.4, 0.5) is 17.1 Å². The molecule has 0 bridgehead atoms. The highest BCUT2D eigenvalue weighted by molar-refractivity contribution is 7.25. The Kier molecular flexibility index (Phi) is 7.10. The summed E-state index contributed by atoms with van der Waals surface area (Å²) < 4.78 is 2.56. The molecular formula is C46H27N3S. The highest BCUT2D eigenvalue weighted by atomic mass is 32.1. The van der Waals surface area contributed by atoms with Gasteiger partial charge in [0.15, 0.2) is 0 Å². The van der Waals surface area contributed by atoms with E-state index in [0.29, 0.717) is 11.1 Å². The van der Waals surface area contributed by atoms with Crippen LogP contribution in [0, 0.1) is 22.7 Å². The summed E-state index contributed by atoms with van der Waals surface area (Å²) in [5, 5.41) is 25.7. The van der Waals surface area contributed by atoms with Gasteiger partial charge in [0.1, 0.15) is 0 Å². The van der Waals surface area contributed by atoms with Gasteiger partial charge in [0.25, 0.3) is 0 Å². The van der Waals surface area contributed by atoms with Crippen molar-refractivity contribution in [1.29, 1.82) is 10.5 Å². The Hall–Kier alpha value is -6.72. The van der Waals surface area contributed by atoms with Crippen LogP contribution in [-0.2, 0) is 0 Å². The maximum atomic E-state index is 9.42. The molecule has 0 N–H and O–H groups in total. The minimum absolute atomic E-state index is 0.663. The molecule has 0 saturated carbocycles. The second-order valence-corrected chi connectivity index (χ2v) is 13.6. The lowest BCUT2D eigenvalue weighted by molar-refractivity contribution is 1.29. The minimum atomic E-state index is 0.663. The van der Waals surface area contributed by atoms with Crippen molar-refractivity contribution in [2.24, 2.45) is 0 Å². The summed E-state index contributed by atoms with van der Waals surface area (Å²) in [5.74, 6) is 0. The van der Waals surface area contributed by atoms with Crippen LogP contribution in [0.2, 0.25) is 0 Å².